The third-order valence-electron chi connectivity index (χ3n) is 5.88. The third kappa shape index (κ3) is 5.61. The van der Waals surface area contributed by atoms with Crippen LogP contribution in [-0.4, -0.2) is 59.6 Å². The first-order chi connectivity index (χ1) is 16.4. The Kier molecular flexibility index (Phi) is 8.39. The molecule has 34 heavy (non-hydrogen) atoms. The zero-order valence-electron chi connectivity index (χ0n) is 19.9. The molecule has 0 spiro atoms. The Morgan fingerprint density at radius 1 is 1.35 bits per heavy atom. The SMILES string of the molecule is C#C/C=C1/OCO/C1=C/C.CC(N)CC(C(=O)N1CCc2c([nH]c3ccccc23)C1)N(C)C=O. The van der Waals surface area contributed by atoms with Gasteiger partial charge in [0.1, 0.15) is 6.04 Å². The summed E-state index contributed by atoms with van der Waals surface area (Å²) in [5.74, 6) is 3.69. The molecule has 0 aliphatic carbocycles. The minimum absolute atomic E-state index is 0.0359. The molecule has 3 heterocycles. The fourth-order valence-electron chi connectivity index (χ4n) is 4.17. The number of hydrogen-bond acceptors (Lipinski definition) is 5. The predicted octanol–water partition coefficient (Wildman–Crippen LogP) is 2.66. The third-order valence-corrected chi connectivity index (χ3v) is 5.88. The Morgan fingerprint density at radius 3 is 2.76 bits per heavy atom. The van der Waals surface area contributed by atoms with Crippen molar-refractivity contribution in [2.75, 3.05) is 20.4 Å². The van der Waals surface area contributed by atoms with Crippen molar-refractivity contribution >= 4 is 23.2 Å². The molecule has 2 unspecified atom stereocenters. The van der Waals surface area contributed by atoms with Gasteiger partial charge in [-0.1, -0.05) is 24.1 Å². The number of fused-ring (bicyclic) bond motifs is 3. The highest BCUT2D eigenvalue weighted by atomic mass is 16.7. The molecule has 8 nitrogen and oxygen atoms in total. The van der Waals surface area contributed by atoms with Gasteiger partial charge in [0.2, 0.25) is 19.1 Å². The number of ether oxygens (including phenoxy) is 2. The van der Waals surface area contributed by atoms with Gasteiger partial charge in [-0.05, 0) is 44.4 Å². The number of para-hydroxylation sites is 1. The van der Waals surface area contributed by atoms with E-state index in [2.05, 4.69) is 23.0 Å². The van der Waals surface area contributed by atoms with Crippen molar-refractivity contribution in [3.8, 4) is 12.3 Å². The summed E-state index contributed by atoms with van der Waals surface area (Å²) < 4.78 is 10.1. The van der Waals surface area contributed by atoms with Crippen LogP contribution >= 0.6 is 0 Å². The molecule has 180 valence electrons. The van der Waals surface area contributed by atoms with Crippen LogP contribution in [0.1, 0.15) is 31.5 Å². The van der Waals surface area contributed by atoms with Crippen molar-refractivity contribution in [2.24, 2.45) is 5.73 Å². The Morgan fingerprint density at radius 2 is 2.09 bits per heavy atom. The molecule has 3 N–H and O–H groups in total. The first-order valence-electron chi connectivity index (χ1n) is 11.3. The number of nitrogens with two attached hydrogens (primary N) is 1. The number of terminal acetylenes is 1. The van der Waals surface area contributed by atoms with E-state index in [0.717, 1.165) is 23.4 Å². The summed E-state index contributed by atoms with van der Waals surface area (Å²) in [7, 11) is 1.64. The van der Waals surface area contributed by atoms with Crippen LogP contribution in [-0.2, 0) is 32.0 Å². The Bertz CT molecular complexity index is 1130. The van der Waals surface area contributed by atoms with Gasteiger partial charge in [0.25, 0.3) is 0 Å². The molecular formula is C26H32N4O4. The Balaban J connectivity index is 0.000000271. The van der Waals surface area contributed by atoms with E-state index < -0.39 is 6.04 Å². The molecule has 2 amide bonds. The number of hydrogen-bond donors (Lipinski definition) is 2. The summed E-state index contributed by atoms with van der Waals surface area (Å²) in [5, 5.41) is 1.23. The summed E-state index contributed by atoms with van der Waals surface area (Å²) in [5.41, 5.74) is 9.35. The number of rotatable bonds is 5. The van der Waals surface area contributed by atoms with E-state index in [0.29, 0.717) is 31.7 Å². The predicted molar refractivity (Wildman–Crippen MR) is 131 cm³/mol. The van der Waals surface area contributed by atoms with E-state index in [1.54, 1.807) is 13.1 Å². The van der Waals surface area contributed by atoms with Crippen LogP contribution in [0.2, 0.25) is 0 Å². The van der Waals surface area contributed by atoms with Gasteiger partial charge in [-0.3, -0.25) is 9.59 Å². The maximum absolute atomic E-state index is 12.9. The van der Waals surface area contributed by atoms with E-state index in [4.69, 9.17) is 21.6 Å². The largest absolute Gasteiger partial charge is 0.454 e. The number of benzene rings is 1. The number of aromatic amines is 1. The maximum Gasteiger partial charge on any atom is 0.245 e. The van der Waals surface area contributed by atoms with Crippen LogP contribution < -0.4 is 5.73 Å². The van der Waals surface area contributed by atoms with Gasteiger partial charge in [0.05, 0.1) is 6.54 Å². The number of amides is 2. The summed E-state index contributed by atoms with van der Waals surface area (Å²) in [4.78, 5) is 30.7. The van der Waals surface area contributed by atoms with Crippen LogP contribution in [0.3, 0.4) is 0 Å². The normalized spacial score (nSPS) is 18.7. The molecule has 1 aromatic carbocycles. The first kappa shape index (κ1) is 24.9. The average Bonchev–Trinajstić information content (AvgIpc) is 3.45. The van der Waals surface area contributed by atoms with E-state index in [9.17, 15) is 9.59 Å². The van der Waals surface area contributed by atoms with Gasteiger partial charge in [-0.15, -0.1) is 6.42 Å². The first-order valence-corrected chi connectivity index (χ1v) is 11.3. The second kappa shape index (κ2) is 11.4. The molecule has 2 atom stereocenters. The van der Waals surface area contributed by atoms with Crippen LogP contribution in [0.4, 0.5) is 0 Å². The lowest BCUT2D eigenvalue weighted by atomic mass is 10.0. The molecule has 1 saturated heterocycles. The summed E-state index contributed by atoms with van der Waals surface area (Å²) in [6.45, 7) is 5.20. The summed E-state index contributed by atoms with van der Waals surface area (Å²) in [6.07, 6.45) is 10.4. The van der Waals surface area contributed by atoms with Crippen molar-refractivity contribution in [2.45, 2.75) is 45.3 Å². The van der Waals surface area contributed by atoms with Gasteiger partial charge < -0.3 is 30.0 Å². The molecule has 2 aromatic rings. The number of H-pyrrole nitrogens is 1. The molecule has 2 aliphatic heterocycles. The number of carbonyl (C=O) groups is 2. The van der Waals surface area contributed by atoms with Gasteiger partial charge >= 0.3 is 0 Å². The lowest BCUT2D eigenvalue weighted by Crippen LogP contribution is -2.50. The molecule has 1 fully saturated rings. The zero-order chi connectivity index (χ0) is 24.7. The molecule has 0 radical (unpaired) electrons. The van der Waals surface area contributed by atoms with Crippen LogP contribution in [0.15, 0.2) is 47.9 Å². The van der Waals surface area contributed by atoms with Crippen molar-refractivity contribution in [1.82, 2.24) is 14.8 Å². The number of nitrogens with one attached hydrogen (secondary N) is 1. The van der Waals surface area contributed by atoms with Crippen LogP contribution in [0, 0.1) is 12.3 Å². The number of aromatic nitrogens is 1. The molecular weight excluding hydrogens is 432 g/mol. The van der Waals surface area contributed by atoms with E-state index in [1.807, 2.05) is 37.0 Å². The average molecular weight is 465 g/mol. The summed E-state index contributed by atoms with van der Waals surface area (Å²) in [6, 6.07) is 7.56. The number of nitrogens with zero attached hydrogens (tertiary/aromatic N) is 2. The second-order valence-electron chi connectivity index (χ2n) is 8.37. The molecule has 8 heteroatoms. The molecule has 0 bridgehead atoms. The standard InChI is InChI=1S/C18H24N4O2.C8H8O2/c1-12(19)9-17(21(2)11-23)18(24)22-8-7-14-13-5-3-4-6-15(13)20-16(14)10-22;1-3-5-8-7(4-2)9-6-10-8/h3-6,11-12,17,20H,7-10,19H2,1-2H3;1,4-5H,6H2,2H3/b;7-4+,8-5+. The number of carbonyl (C=O) groups excluding carboxylic acids is 2. The molecule has 0 saturated carbocycles. The second-order valence-corrected chi connectivity index (χ2v) is 8.37. The summed E-state index contributed by atoms with van der Waals surface area (Å²) >= 11 is 0. The maximum atomic E-state index is 12.9. The lowest BCUT2D eigenvalue weighted by molar-refractivity contribution is -0.141. The van der Waals surface area contributed by atoms with Gasteiger partial charge in [-0.2, -0.15) is 0 Å². The van der Waals surface area contributed by atoms with E-state index in [-0.39, 0.29) is 18.7 Å². The molecule has 4 rings (SSSR count). The Hall–Kier alpha value is -3.70. The fraction of sp³-hybridized carbons (Fsp3) is 0.385. The number of likely N-dealkylation sites (N-methyl/N-ethyl adjacent to an activating group) is 1. The highest BCUT2D eigenvalue weighted by molar-refractivity contribution is 5.87. The fourth-order valence-corrected chi connectivity index (χ4v) is 4.17. The molecule has 1 aromatic heterocycles. The van der Waals surface area contributed by atoms with E-state index in [1.165, 1.54) is 15.8 Å². The topological polar surface area (TPSA) is 101 Å². The van der Waals surface area contributed by atoms with Gasteiger partial charge in [0, 0.05) is 42.3 Å². The zero-order valence-corrected chi connectivity index (χ0v) is 19.9. The quantitative estimate of drug-likeness (QED) is 0.523. The highest BCUT2D eigenvalue weighted by Crippen LogP contribution is 2.28. The van der Waals surface area contributed by atoms with Crippen molar-refractivity contribution < 1.29 is 19.1 Å². The smallest absolute Gasteiger partial charge is 0.245 e. The van der Waals surface area contributed by atoms with Crippen molar-refractivity contribution in [3.05, 3.63) is 59.2 Å². The van der Waals surface area contributed by atoms with Gasteiger partial charge in [-0.25, -0.2) is 0 Å². The Labute approximate surface area is 200 Å². The minimum atomic E-state index is -0.506. The molecule has 2 aliphatic rings. The van der Waals surface area contributed by atoms with Crippen molar-refractivity contribution in [3.63, 3.8) is 0 Å². The van der Waals surface area contributed by atoms with Gasteiger partial charge in [0.15, 0.2) is 11.5 Å². The number of allylic oxidation sites excluding steroid dienone is 2. The van der Waals surface area contributed by atoms with E-state index >= 15 is 0 Å². The van der Waals surface area contributed by atoms with Crippen molar-refractivity contribution in [1.29, 1.82) is 0 Å². The lowest BCUT2D eigenvalue weighted by Gasteiger charge is -2.33. The monoisotopic (exact) mass is 464 g/mol. The van der Waals surface area contributed by atoms with Crippen LogP contribution in [0.25, 0.3) is 10.9 Å². The van der Waals surface area contributed by atoms with Crippen LogP contribution in [0.5, 0.6) is 0 Å². The highest BCUT2D eigenvalue weighted by Gasteiger charge is 2.31. The minimum Gasteiger partial charge on any atom is -0.454 e.